The van der Waals surface area contributed by atoms with Gasteiger partial charge in [-0.15, -0.1) is 10.2 Å². The Labute approximate surface area is 68.6 Å². The Bertz CT molecular complexity index is 348. The van der Waals surface area contributed by atoms with Crippen molar-refractivity contribution in [2.24, 2.45) is 7.05 Å². The van der Waals surface area contributed by atoms with E-state index in [1.807, 2.05) is 13.1 Å². The lowest BCUT2D eigenvalue weighted by Crippen LogP contribution is -2.00. The third-order valence-corrected chi connectivity index (χ3v) is 1.65. The first-order valence-corrected chi connectivity index (χ1v) is 3.55. The molecule has 0 unspecified atom stereocenters. The molecule has 0 saturated carbocycles. The Balaban J connectivity index is 2.20. The highest BCUT2D eigenvalue weighted by Gasteiger charge is 2.03. The summed E-state index contributed by atoms with van der Waals surface area (Å²) < 4.78 is 1.79. The maximum absolute atomic E-state index is 4.03. The van der Waals surface area contributed by atoms with Gasteiger partial charge in [-0.2, -0.15) is 10.3 Å². The van der Waals surface area contributed by atoms with E-state index in [-0.39, 0.29) is 0 Å². The molecule has 0 aliphatic carbocycles. The Morgan fingerprint density at radius 3 is 3.08 bits per heavy atom. The maximum atomic E-state index is 4.03. The van der Waals surface area contributed by atoms with E-state index in [0.29, 0.717) is 12.2 Å². The van der Waals surface area contributed by atoms with Crippen LogP contribution in [0.15, 0.2) is 12.3 Å². The standard InChI is InChI=1S/C6H8N6/c1-12-5(2-3-7-12)4-6-8-10-11-9-6/h2-3H,4H2,1H3,(H,8,9,10,11). The summed E-state index contributed by atoms with van der Waals surface area (Å²) in [4.78, 5) is 0. The van der Waals surface area contributed by atoms with E-state index in [1.165, 1.54) is 0 Å². The van der Waals surface area contributed by atoms with Crippen LogP contribution < -0.4 is 0 Å². The Morgan fingerprint density at radius 1 is 1.58 bits per heavy atom. The van der Waals surface area contributed by atoms with E-state index in [9.17, 15) is 0 Å². The number of aromatic nitrogens is 6. The van der Waals surface area contributed by atoms with Crippen molar-refractivity contribution in [1.29, 1.82) is 0 Å². The minimum absolute atomic E-state index is 0.660. The van der Waals surface area contributed by atoms with Crippen molar-refractivity contribution < 1.29 is 0 Å². The number of hydrogen-bond acceptors (Lipinski definition) is 4. The van der Waals surface area contributed by atoms with Crippen LogP contribution in [0.1, 0.15) is 11.5 Å². The Morgan fingerprint density at radius 2 is 2.50 bits per heavy atom. The van der Waals surface area contributed by atoms with Crippen molar-refractivity contribution in [2.45, 2.75) is 6.42 Å². The van der Waals surface area contributed by atoms with Gasteiger partial charge in [-0.25, -0.2) is 0 Å². The van der Waals surface area contributed by atoms with Gasteiger partial charge in [0, 0.05) is 18.9 Å². The fourth-order valence-corrected chi connectivity index (χ4v) is 0.994. The molecule has 0 fully saturated rings. The second kappa shape index (κ2) is 2.72. The van der Waals surface area contributed by atoms with E-state index < -0.39 is 0 Å². The van der Waals surface area contributed by atoms with Crippen molar-refractivity contribution in [3.05, 3.63) is 23.8 Å². The van der Waals surface area contributed by atoms with Crippen molar-refractivity contribution in [3.8, 4) is 0 Å². The zero-order chi connectivity index (χ0) is 8.39. The summed E-state index contributed by atoms with van der Waals surface area (Å²) >= 11 is 0. The summed E-state index contributed by atoms with van der Waals surface area (Å²) in [5.41, 5.74) is 1.07. The monoisotopic (exact) mass is 164 g/mol. The highest BCUT2D eigenvalue weighted by Crippen LogP contribution is 2.00. The molecule has 0 aliphatic rings. The van der Waals surface area contributed by atoms with Gasteiger partial charge in [0.05, 0.1) is 6.42 Å². The average molecular weight is 164 g/mol. The second-order valence-corrected chi connectivity index (χ2v) is 2.45. The first-order chi connectivity index (χ1) is 5.86. The van der Waals surface area contributed by atoms with E-state index in [4.69, 9.17) is 0 Å². The lowest BCUT2D eigenvalue weighted by molar-refractivity contribution is 0.716. The van der Waals surface area contributed by atoms with Crippen LogP contribution in [0.3, 0.4) is 0 Å². The van der Waals surface area contributed by atoms with E-state index in [2.05, 4.69) is 25.7 Å². The zero-order valence-corrected chi connectivity index (χ0v) is 6.60. The molecule has 2 aromatic rings. The van der Waals surface area contributed by atoms with Crippen molar-refractivity contribution in [1.82, 2.24) is 30.4 Å². The van der Waals surface area contributed by atoms with E-state index in [1.54, 1.807) is 10.9 Å². The van der Waals surface area contributed by atoms with Crippen molar-refractivity contribution in [2.75, 3.05) is 0 Å². The van der Waals surface area contributed by atoms with E-state index in [0.717, 1.165) is 5.69 Å². The Kier molecular flexibility index (Phi) is 1.58. The third kappa shape index (κ3) is 1.18. The van der Waals surface area contributed by atoms with Crippen molar-refractivity contribution in [3.63, 3.8) is 0 Å². The van der Waals surface area contributed by atoms with Crippen LogP contribution in [0.2, 0.25) is 0 Å². The summed E-state index contributed by atoms with van der Waals surface area (Å²) in [6, 6.07) is 1.93. The van der Waals surface area contributed by atoms with Crippen molar-refractivity contribution >= 4 is 0 Å². The predicted molar refractivity (Wildman–Crippen MR) is 40.2 cm³/mol. The highest BCUT2D eigenvalue weighted by molar-refractivity contribution is 5.06. The molecule has 2 heterocycles. The van der Waals surface area contributed by atoms with Gasteiger partial charge in [0.1, 0.15) is 0 Å². The topological polar surface area (TPSA) is 72.3 Å². The number of aromatic amines is 1. The maximum Gasteiger partial charge on any atom is 0.180 e. The molecule has 0 aliphatic heterocycles. The minimum Gasteiger partial charge on any atom is -0.272 e. The molecular formula is C6H8N6. The quantitative estimate of drug-likeness (QED) is 0.651. The molecular weight excluding hydrogens is 156 g/mol. The van der Waals surface area contributed by atoms with Crippen LogP contribution >= 0.6 is 0 Å². The number of nitrogens with one attached hydrogen (secondary N) is 1. The Hall–Kier alpha value is -1.72. The summed E-state index contributed by atoms with van der Waals surface area (Å²) in [6.07, 6.45) is 2.41. The molecule has 12 heavy (non-hydrogen) atoms. The first-order valence-electron chi connectivity index (χ1n) is 3.55. The number of tetrazole rings is 1. The summed E-state index contributed by atoms with van der Waals surface area (Å²) in [6.45, 7) is 0. The fraction of sp³-hybridized carbons (Fsp3) is 0.333. The van der Waals surface area contributed by atoms with Gasteiger partial charge in [0.2, 0.25) is 0 Å². The third-order valence-electron chi connectivity index (χ3n) is 1.65. The zero-order valence-electron chi connectivity index (χ0n) is 6.60. The highest BCUT2D eigenvalue weighted by atomic mass is 15.5. The molecule has 6 heteroatoms. The number of hydrogen-bond donors (Lipinski definition) is 1. The van der Waals surface area contributed by atoms with Crippen LogP contribution in [-0.2, 0) is 13.5 Å². The van der Waals surface area contributed by atoms with Gasteiger partial charge in [-0.05, 0) is 6.07 Å². The molecule has 0 bridgehead atoms. The molecule has 0 spiro atoms. The molecule has 2 rings (SSSR count). The molecule has 0 atom stereocenters. The summed E-state index contributed by atoms with van der Waals surface area (Å²) in [5.74, 6) is 0.679. The van der Waals surface area contributed by atoms with Crippen LogP contribution in [-0.4, -0.2) is 30.4 Å². The van der Waals surface area contributed by atoms with Gasteiger partial charge in [0.15, 0.2) is 5.82 Å². The molecule has 62 valence electrons. The molecule has 2 aromatic heterocycles. The van der Waals surface area contributed by atoms with Crippen LogP contribution in [0.4, 0.5) is 0 Å². The van der Waals surface area contributed by atoms with Crippen LogP contribution in [0.5, 0.6) is 0 Å². The SMILES string of the molecule is Cn1nccc1Cc1nn[nH]n1. The normalized spacial score (nSPS) is 10.4. The predicted octanol–water partition coefficient (Wildman–Crippen LogP) is -0.476. The number of aryl methyl sites for hydroxylation is 1. The molecule has 1 N–H and O–H groups in total. The van der Waals surface area contributed by atoms with Gasteiger partial charge >= 0.3 is 0 Å². The smallest absolute Gasteiger partial charge is 0.180 e. The van der Waals surface area contributed by atoms with Gasteiger partial charge in [-0.3, -0.25) is 4.68 Å². The molecule has 0 amide bonds. The number of rotatable bonds is 2. The van der Waals surface area contributed by atoms with Crippen LogP contribution in [0, 0.1) is 0 Å². The van der Waals surface area contributed by atoms with Gasteiger partial charge < -0.3 is 0 Å². The minimum atomic E-state index is 0.660. The molecule has 6 nitrogen and oxygen atoms in total. The molecule has 0 saturated heterocycles. The molecule has 0 aromatic carbocycles. The first kappa shape index (κ1) is 6.96. The molecule has 0 radical (unpaired) electrons. The average Bonchev–Trinajstić information content (AvgIpc) is 2.65. The summed E-state index contributed by atoms with van der Waals surface area (Å²) in [7, 11) is 1.88. The second-order valence-electron chi connectivity index (χ2n) is 2.45. The number of H-pyrrole nitrogens is 1. The van der Waals surface area contributed by atoms with E-state index >= 15 is 0 Å². The summed E-state index contributed by atoms with van der Waals surface area (Å²) in [5, 5.41) is 17.6. The van der Waals surface area contributed by atoms with Gasteiger partial charge in [-0.1, -0.05) is 5.21 Å². The van der Waals surface area contributed by atoms with Crippen LogP contribution in [0.25, 0.3) is 0 Å². The number of nitrogens with zero attached hydrogens (tertiary/aromatic N) is 5. The lowest BCUT2D eigenvalue weighted by atomic mass is 10.3. The fourth-order valence-electron chi connectivity index (χ4n) is 0.994. The van der Waals surface area contributed by atoms with Gasteiger partial charge in [0.25, 0.3) is 0 Å². The largest absolute Gasteiger partial charge is 0.272 e. The lowest BCUT2D eigenvalue weighted by Gasteiger charge is -1.95.